The molecule has 0 saturated carbocycles. The number of carboxylic acid groups (broad SMARTS) is 1. The maximum Gasteiger partial charge on any atom is 0.337 e. The van der Waals surface area contributed by atoms with E-state index in [4.69, 9.17) is 0 Å². The number of nitro groups is 1. The number of hydrogen-bond acceptors (Lipinski definition) is 7. The zero-order chi connectivity index (χ0) is 21.9. The van der Waals surface area contributed by atoms with E-state index in [1.165, 1.54) is 36.4 Å². The predicted octanol–water partition coefficient (Wildman–Crippen LogP) is 3.60. The number of hydrazone groups is 1. The second-order valence-corrected chi connectivity index (χ2v) is 8.28. The minimum Gasteiger partial charge on any atom is -0.478 e. The first kappa shape index (κ1) is 21.0. The van der Waals surface area contributed by atoms with Crippen LogP contribution in [-0.2, 0) is 10.0 Å². The highest BCUT2D eigenvalue weighted by atomic mass is 32.2. The number of carbonyl (C=O) groups is 1. The van der Waals surface area contributed by atoms with Crippen LogP contribution in [0.15, 0.2) is 64.1 Å². The number of hydrogen-bond donors (Lipinski definition) is 3. The van der Waals surface area contributed by atoms with Crippen molar-refractivity contribution in [1.29, 1.82) is 0 Å². The highest BCUT2D eigenvalue weighted by Crippen LogP contribution is 2.29. The van der Waals surface area contributed by atoms with Crippen molar-refractivity contribution in [3.8, 4) is 0 Å². The third kappa shape index (κ3) is 4.63. The molecule has 0 radical (unpaired) electrons. The lowest BCUT2D eigenvalue weighted by Crippen LogP contribution is -2.16. The van der Waals surface area contributed by atoms with Gasteiger partial charge in [0.2, 0.25) is 0 Å². The molecule has 0 spiro atoms. The number of rotatable bonds is 7. The molecular formula is C19H18N4O6S. The first-order chi connectivity index (χ1) is 14.2. The maximum absolute atomic E-state index is 12.7. The summed E-state index contributed by atoms with van der Waals surface area (Å²) in [7, 11) is -4.27. The molecule has 0 bridgehead atoms. The molecule has 2 aromatic rings. The first-order valence-corrected chi connectivity index (χ1v) is 10.3. The molecule has 11 heteroatoms. The van der Waals surface area contributed by atoms with Crippen molar-refractivity contribution in [2.75, 3.05) is 10.1 Å². The van der Waals surface area contributed by atoms with Gasteiger partial charge < -0.3 is 5.11 Å². The minimum atomic E-state index is -4.27. The average Bonchev–Trinajstić information content (AvgIpc) is 3.11. The van der Waals surface area contributed by atoms with Crippen LogP contribution in [-0.4, -0.2) is 30.1 Å². The van der Waals surface area contributed by atoms with Gasteiger partial charge in [-0.15, -0.1) is 0 Å². The summed E-state index contributed by atoms with van der Waals surface area (Å²) in [5, 5.41) is 24.8. The number of nitrogens with one attached hydrogen (secondary N) is 2. The van der Waals surface area contributed by atoms with Gasteiger partial charge in [0.15, 0.2) is 0 Å². The van der Waals surface area contributed by atoms with Crippen LogP contribution >= 0.6 is 0 Å². The smallest absolute Gasteiger partial charge is 0.337 e. The summed E-state index contributed by atoms with van der Waals surface area (Å²) in [5.41, 5.74) is 3.68. The van der Waals surface area contributed by atoms with Gasteiger partial charge in [0.25, 0.3) is 15.7 Å². The summed E-state index contributed by atoms with van der Waals surface area (Å²) in [6.07, 6.45) is 3.46. The van der Waals surface area contributed by atoms with Crippen molar-refractivity contribution >= 4 is 38.8 Å². The fourth-order valence-electron chi connectivity index (χ4n) is 2.86. The fraction of sp³-hybridized carbons (Fsp3) is 0.158. The predicted molar refractivity (Wildman–Crippen MR) is 111 cm³/mol. The van der Waals surface area contributed by atoms with E-state index in [1.807, 2.05) is 13.0 Å². The monoisotopic (exact) mass is 430 g/mol. The van der Waals surface area contributed by atoms with E-state index in [-0.39, 0.29) is 21.8 Å². The van der Waals surface area contributed by atoms with Crippen LogP contribution in [0.1, 0.15) is 30.1 Å². The number of allylic oxidation sites excluding steroid dienone is 2. The normalized spacial score (nSPS) is 15.0. The van der Waals surface area contributed by atoms with Gasteiger partial charge in [0.05, 0.1) is 26.8 Å². The van der Waals surface area contributed by atoms with E-state index >= 15 is 0 Å². The molecule has 156 valence electrons. The Balaban J connectivity index is 1.92. The van der Waals surface area contributed by atoms with Gasteiger partial charge in [-0.2, -0.15) is 5.10 Å². The fourth-order valence-corrected chi connectivity index (χ4v) is 3.96. The van der Waals surface area contributed by atoms with E-state index in [0.717, 1.165) is 23.8 Å². The zero-order valence-electron chi connectivity index (χ0n) is 15.8. The third-order valence-electron chi connectivity index (χ3n) is 4.39. The molecule has 3 N–H and O–H groups in total. The molecule has 0 aromatic heterocycles. The van der Waals surface area contributed by atoms with Crippen molar-refractivity contribution in [1.82, 2.24) is 0 Å². The standard InChI is InChI=1S/C19H18N4O6S/c1-12-6-7-13(10-12)20-21-17-9-8-14(11-18(17)23(26)27)30(28,29)22-16-5-3-2-4-15(16)19(24)25/h2-5,8-11,21-22H,6-7H2,1H3,(H,24,25)/b20-13-. The van der Waals surface area contributed by atoms with Crippen molar-refractivity contribution in [3.05, 3.63) is 69.8 Å². The molecule has 0 aliphatic heterocycles. The number of carboxylic acids is 1. The first-order valence-electron chi connectivity index (χ1n) is 8.81. The van der Waals surface area contributed by atoms with E-state index in [1.54, 1.807) is 0 Å². The van der Waals surface area contributed by atoms with Crippen molar-refractivity contribution in [3.63, 3.8) is 0 Å². The van der Waals surface area contributed by atoms with E-state index in [2.05, 4.69) is 15.2 Å². The van der Waals surface area contributed by atoms with Gasteiger partial charge in [-0.1, -0.05) is 17.7 Å². The molecule has 0 heterocycles. The SMILES string of the molecule is CC1=C/C(=N\Nc2ccc(S(=O)(=O)Nc3ccccc3C(=O)O)cc2[N+](=O)[O-])CC1. The Bertz CT molecular complexity index is 1190. The lowest BCUT2D eigenvalue weighted by molar-refractivity contribution is -0.384. The number of nitro benzene ring substituents is 1. The second-order valence-electron chi connectivity index (χ2n) is 6.60. The van der Waals surface area contributed by atoms with Crippen LogP contribution in [0.5, 0.6) is 0 Å². The van der Waals surface area contributed by atoms with Gasteiger partial charge in [0, 0.05) is 6.07 Å². The molecule has 10 nitrogen and oxygen atoms in total. The molecular weight excluding hydrogens is 412 g/mol. The largest absolute Gasteiger partial charge is 0.478 e. The summed E-state index contributed by atoms with van der Waals surface area (Å²) in [6, 6.07) is 8.77. The lowest BCUT2D eigenvalue weighted by atomic mass is 10.2. The highest BCUT2D eigenvalue weighted by Gasteiger charge is 2.23. The number of sulfonamides is 1. The van der Waals surface area contributed by atoms with Gasteiger partial charge >= 0.3 is 5.97 Å². The molecule has 2 aromatic carbocycles. The third-order valence-corrected chi connectivity index (χ3v) is 5.75. The number of aromatic carboxylic acids is 1. The Morgan fingerprint density at radius 2 is 1.90 bits per heavy atom. The van der Waals surface area contributed by atoms with Gasteiger partial charge in [-0.3, -0.25) is 20.3 Å². The molecule has 0 saturated heterocycles. The zero-order valence-corrected chi connectivity index (χ0v) is 16.6. The van der Waals surface area contributed by atoms with Crippen LogP contribution in [0.3, 0.4) is 0 Å². The Hall–Kier alpha value is -3.73. The number of anilines is 2. The second kappa shape index (κ2) is 8.33. The lowest BCUT2D eigenvalue weighted by Gasteiger charge is -2.11. The highest BCUT2D eigenvalue weighted by molar-refractivity contribution is 7.92. The minimum absolute atomic E-state index is 0.0374. The van der Waals surface area contributed by atoms with Gasteiger partial charge in [0.1, 0.15) is 5.69 Å². The summed E-state index contributed by atoms with van der Waals surface area (Å²) >= 11 is 0. The van der Waals surface area contributed by atoms with Crippen LogP contribution in [0.4, 0.5) is 17.1 Å². The molecule has 1 aliphatic carbocycles. The molecule has 1 aliphatic rings. The van der Waals surface area contributed by atoms with Gasteiger partial charge in [-0.05, 0) is 50.1 Å². The van der Waals surface area contributed by atoms with Crippen LogP contribution < -0.4 is 10.1 Å². The quantitative estimate of drug-likeness (QED) is 0.448. The number of para-hydroxylation sites is 1. The average molecular weight is 430 g/mol. The van der Waals surface area contributed by atoms with Gasteiger partial charge in [-0.25, -0.2) is 13.2 Å². The Kier molecular flexibility index (Phi) is 5.83. The maximum atomic E-state index is 12.7. The summed E-state index contributed by atoms with van der Waals surface area (Å²) in [4.78, 5) is 21.6. The van der Waals surface area contributed by atoms with E-state index in [0.29, 0.717) is 6.42 Å². The van der Waals surface area contributed by atoms with Crippen LogP contribution in [0, 0.1) is 10.1 Å². The molecule has 0 atom stereocenters. The van der Waals surface area contributed by atoms with E-state index in [9.17, 15) is 28.4 Å². The van der Waals surface area contributed by atoms with Crippen molar-refractivity contribution in [2.24, 2.45) is 5.10 Å². The molecule has 0 amide bonds. The number of benzene rings is 2. The van der Waals surface area contributed by atoms with Crippen LogP contribution in [0.2, 0.25) is 0 Å². The van der Waals surface area contributed by atoms with Crippen molar-refractivity contribution < 1.29 is 23.2 Å². The molecule has 30 heavy (non-hydrogen) atoms. The molecule has 0 fully saturated rings. The molecule has 3 rings (SSSR count). The number of nitrogens with zero attached hydrogens (tertiary/aromatic N) is 2. The van der Waals surface area contributed by atoms with Crippen LogP contribution in [0.25, 0.3) is 0 Å². The summed E-state index contributed by atoms with van der Waals surface area (Å²) < 4.78 is 27.5. The van der Waals surface area contributed by atoms with Crippen molar-refractivity contribution in [2.45, 2.75) is 24.7 Å². The Morgan fingerprint density at radius 1 is 1.17 bits per heavy atom. The topological polar surface area (TPSA) is 151 Å². The Morgan fingerprint density at radius 3 is 2.53 bits per heavy atom. The summed E-state index contributed by atoms with van der Waals surface area (Å²) in [6.45, 7) is 1.96. The molecule has 0 unspecified atom stereocenters. The Labute approximate surface area is 172 Å². The van der Waals surface area contributed by atoms with E-state index < -0.39 is 26.6 Å². The summed E-state index contributed by atoms with van der Waals surface area (Å²) in [5.74, 6) is -1.31.